The van der Waals surface area contributed by atoms with Gasteiger partial charge in [-0.05, 0) is 30.3 Å². The summed E-state index contributed by atoms with van der Waals surface area (Å²) in [5.41, 5.74) is 0.983. The van der Waals surface area contributed by atoms with Crippen molar-refractivity contribution in [2.24, 2.45) is 10.2 Å². The second kappa shape index (κ2) is 8.46. The van der Waals surface area contributed by atoms with E-state index in [1.165, 1.54) is 25.4 Å². The lowest BCUT2D eigenvalue weighted by Gasteiger charge is -2.12. The van der Waals surface area contributed by atoms with Crippen LogP contribution in [0.1, 0.15) is 17.9 Å². The summed E-state index contributed by atoms with van der Waals surface area (Å²) in [5.74, 6) is 0.646. The van der Waals surface area contributed by atoms with Gasteiger partial charge in [-0.3, -0.25) is 0 Å². The molecule has 1 aromatic carbocycles. The molecular weight excluding hydrogens is 330 g/mol. The molecule has 24 heavy (non-hydrogen) atoms. The Hall–Kier alpha value is -2.39. The molecule has 128 valence electrons. The molecule has 0 fully saturated rings. The van der Waals surface area contributed by atoms with Gasteiger partial charge >= 0.3 is 0 Å². The van der Waals surface area contributed by atoms with Crippen LogP contribution in [0, 0.1) is 5.41 Å². The minimum Gasteiger partial charge on any atom is -0.449 e. The van der Waals surface area contributed by atoms with Crippen LogP contribution in [0.2, 0.25) is 0 Å². The molecule has 2 N–H and O–H groups in total. The summed E-state index contributed by atoms with van der Waals surface area (Å²) in [6, 6.07) is 6.59. The Labute approximate surface area is 140 Å². The zero-order valence-corrected chi connectivity index (χ0v) is 14.0. The highest BCUT2D eigenvalue weighted by Crippen LogP contribution is 2.13. The van der Waals surface area contributed by atoms with Crippen molar-refractivity contribution in [2.75, 3.05) is 7.05 Å². The molecule has 1 heterocycles. The Bertz CT molecular complexity index is 770. The summed E-state index contributed by atoms with van der Waals surface area (Å²) < 4.78 is 32.3. The van der Waals surface area contributed by atoms with Gasteiger partial charge in [0.05, 0.1) is 11.1 Å². The zero-order valence-electron chi connectivity index (χ0n) is 13.2. The third-order valence-corrected chi connectivity index (χ3v) is 4.71. The number of azo groups is 1. The van der Waals surface area contributed by atoms with Gasteiger partial charge in [-0.25, -0.2) is 13.4 Å². The molecule has 1 unspecified atom stereocenters. The van der Waals surface area contributed by atoms with Crippen molar-refractivity contribution < 1.29 is 12.8 Å². The topological polar surface area (TPSA) is 121 Å². The third-order valence-electron chi connectivity index (χ3n) is 3.23. The van der Waals surface area contributed by atoms with E-state index in [-0.39, 0.29) is 11.3 Å². The highest BCUT2D eigenvalue weighted by molar-refractivity contribution is 7.89. The van der Waals surface area contributed by atoms with Crippen molar-refractivity contribution in [1.82, 2.24) is 9.71 Å². The van der Waals surface area contributed by atoms with E-state index in [1.54, 1.807) is 18.3 Å². The van der Waals surface area contributed by atoms with E-state index < -0.39 is 16.2 Å². The summed E-state index contributed by atoms with van der Waals surface area (Å²) in [7, 11) is -2.26. The average Bonchev–Trinajstić information content (AvgIpc) is 3.07. The van der Waals surface area contributed by atoms with Crippen LogP contribution in [0.15, 0.2) is 56.3 Å². The maximum absolute atomic E-state index is 12.3. The molecule has 0 amide bonds. The lowest BCUT2D eigenvalue weighted by Crippen LogP contribution is -2.33. The van der Waals surface area contributed by atoms with E-state index in [1.807, 2.05) is 0 Å². The van der Waals surface area contributed by atoms with Gasteiger partial charge in [0, 0.05) is 19.9 Å². The average molecular weight is 349 g/mol. The van der Waals surface area contributed by atoms with E-state index in [0.717, 1.165) is 11.8 Å². The van der Waals surface area contributed by atoms with E-state index in [9.17, 15) is 8.42 Å². The standard InChI is InChI=1S/C15H19N5O3S/c1-17-19-14(8-9-16)20-24(21,22)13-5-2-12(3-6-13)4-7-15-18-10-11-23-15/h2-3,5-6,9-11,14,16,20H,4,7-8H2,1H3. The minimum absolute atomic E-state index is 0.142. The molecular formula is C15H19N5O3S. The zero-order chi connectivity index (χ0) is 17.4. The second-order valence-electron chi connectivity index (χ2n) is 4.96. The maximum atomic E-state index is 12.3. The molecule has 2 aromatic rings. The number of hydrogen-bond donors (Lipinski definition) is 2. The van der Waals surface area contributed by atoms with Crippen molar-refractivity contribution in [1.29, 1.82) is 5.41 Å². The predicted octanol–water partition coefficient (Wildman–Crippen LogP) is 2.19. The van der Waals surface area contributed by atoms with Gasteiger partial charge in [-0.15, -0.1) is 0 Å². The highest BCUT2D eigenvalue weighted by atomic mass is 32.2. The molecule has 0 aliphatic heterocycles. The lowest BCUT2D eigenvalue weighted by atomic mass is 10.1. The first-order valence-corrected chi connectivity index (χ1v) is 8.81. The summed E-state index contributed by atoms with van der Waals surface area (Å²) in [6.07, 6.45) is 4.93. The van der Waals surface area contributed by atoms with Gasteiger partial charge in [-0.2, -0.15) is 15.0 Å². The van der Waals surface area contributed by atoms with Gasteiger partial charge in [0.15, 0.2) is 5.89 Å². The van der Waals surface area contributed by atoms with Crippen LogP contribution in [0.25, 0.3) is 0 Å². The first-order valence-electron chi connectivity index (χ1n) is 7.32. The van der Waals surface area contributed by atoms with Crippen LogP contribution in [-0.2, 0) is 22.9 Å². The van der Waals surface area contributed by atoms with Crippen LogP contribution in [-0.4, -0.2) is 32.8 Å². The fourth-order valence-corrected chi connectivity index (χ4v) is 3.21. The number of nitrogens with one attached hydrogen (secondary N) is 2. The Morgan fingerprint density at radius 2 is 2.08 bits per heavy atom. The first-order chi connectivity index (χ1) is 11.5. The molecule has 0 saturated carbocycles. The first kappa shape index (κ1) is 18.0. The van der Waals surface area contributed by atoms with E-state index in [0.29, 0.717) is 18.7 Å². The monoisotopic (exact) mass is 349 g/mol. The normalized spacial score (nSPS) is 13.2. The Morgan fingerprint density at radius 3 is 2.67 bits per heavy atom. The summed E-state index contributed by atoms with van der Waals surface area (Å²) in [6.45, 7) is 0. The van der Waals surface area contributed by atoms with Crippen LogP contribution in [0.4, 0.5) is 0 Å². The summed E-state index contributed by atoms with van der Waals surface area (Å²) >= 11 is 0. The molecule has 0 aliphatic carbocycles. The highest BCUT2D eigenvalue weighted by Gasteiger charge is 2.19. The number of benzene rings is 1. The second-order valence-corrected chi connectivity index (χ2v) is 6.68. The molecule has 0 radical (unpaired) electrons. The quantitative estimate of drug-likeness (QED) is 0.532. The van der Waals surface area contributed by atoms with Gasteiger partial charge in [0.25, 0.3) is 0 Å². The van der Waals surface area contributed by atoms with Crippen molar-refractivity contribution in [3.05, 3.63) is 48.2 Å². The van der Waals surface area contributed by atoms with Crippen molar-refractivity contribution in [3.63, 3.8) is 0 Å². The molecule has 0 aliphatic rings. The Morgan fingerprint density at radius 1 is 1.33 bits per heavy atom. The van der Waals surface area contributed by atoms with Crippen molar-refractivity contribution in [2.45, 2.75) is 30.3 Å². The van der Waals surface area contributed by atoms with Gasteiger partial charge in [-0.1, -0.05) is 12.1 Å². The number of hydrogen-bond acceptors (Lipinski definition) is 7. The van der Waals surface area contributed by atoms with Crippen LogP contribution >= 0.6 is 0 Å². The van der Waals surface area contributed by atoms with Gasteiger partial charge in [0.1, 0.15) is 12.4 Å². The van der Waals surface area contributed by atoms with Crippen molar-refractivity contribution in [3.8, 4) is 0 Å². The smallest absolute Gasteiger partial charge is 0.242 e. The number of rotatable bonds is 9. The van der Waals surface area contributed by atoms with Crippen LogP contribution in [0.3, 0.4) is 0 Å². The lowest BCUT2D eigenvalue weighted by molar-refractivity contribution is 0.494. The predicted molar refractivity (Wildman–Crippen MR) is 88.6 cm³/mol. The van der Waals surface area contributed by atoms with Crippen LogP contribution < -0.4 is 4.72 Å². The molecule has 0 saturated heterocycles. The molecule has 0 spiro atoms. The maximum Gasteiger partial charge on any atom is 0.242 e. The fourth-order valence-electron chi connectivity index (χ4n) is 2.08. The third kappa shape index (κ3) is 5.07. The Kier molecular flexibility index (Phi) is 6.33. The Balaban J connectivity index is 2.03. The molecule has 1 atom stereocenters. The van der Waals surface area contributed by atoms with E-state index >= 15 is 0 Å². The minimum atomic E-state index is -3.72. The largest absolute Gasteiger partial charge is 0.449 e. The van der Waals surface area contributed by atoms with Gasteiger partial charge < -0.3 is 9.83 Å². The molecule has 1 aromatic heterocycles. The fraction of sp³-hybridized carbons (Fsp3) is 0.333. The number of aromatic nitrogens is 1. The van der Waals surface area contributed by atoms with Crippen molar-refractivity contribution >= 4 is 16.2 Å². The summed E-state index contributed by atoms with van der Waals surface area (Å²) in [5, 5.41) is 14.4. The number of nitrogens with zero attached hydrogens (tertiary/aromatic N) is 3. The van der Waals surface area contributed by atoms with Crippen LogP contribution in [0.5, 0.6) is 0 Å². The molecule has 0 bridgehead atoms. The molecule has 9 heteroatoms. The number of oxazole rings is 1. The SMILES string of the molecule is CN=NC(CC=N)NS(=O)(=O)c1ccc(CCc2ncco2)cc1. The van der Waals surface area contributed by atoms with E-state index in [2.05, 4.69) is 19.9 Å². The number of sulfonamides is 1. The van der Waals surface area contributed by atoms with Gasteiger partial charge in [0.2, 0.25) is 10.0 Å². The molecule has 8 nitrogen and oxygen atoms in total. The number of aryl methyl sites for hydroxylation is 2. The summed E-state index contributed by atoms with van der Waals surface area (Å²) in [4.78, 5) is 4.19. The van der Waals surface area contributed by atoms with E-state index in [4.69, 9.17) is 9.83 Å². The molecule has 2 rings (SSSR count).